The first-order valence-electron chi connectivity index (χ1n) is 6.52. The summed E-state index contributed by atoms with van der Waals surface area (Å²) in [5.41, 5.74) is 0. The van der Waals surface area contributed by atoms with Crippen LogP contribution in [-0.2, 0) is 4.79 Å². The van der Waals surface area contributed by atoms with Crippen LogP contribution in [0.3, 0.4) is 0 Å². The van der Waals surface area contributed by atoms with Crippen LogP contribution in [0.25, 0.3) is 0 Å². The standard InChI is InChI=1S/C12H22N2O4/c15-9-6-10-4-1-2-8-14(10)12(18)13-7-3-5-11(16)17/h10,15H,1-9H2,(H,13,18)(H,16,17). The second-order valence-electron chi connectivity index (χ2n) is 4.58. The van der Waals surface area contributed by atoms with E-state index < -0.39 is 5.97 Å². The third-order valence-electron chi connectivity index (χ3n) is 3.19. The Kier molecular flexibility index (Phi) is 6.49. The van der Waals surface area contributed by atoms with Crippen LogP contribution in [-0.4, -0.2) is 52.9 Å². The van der Waals surface area contributed by atoms with Crippen molar-refractivity contribution in [2.45, 2.75) is 44.6 Å². The number of aliphatic carboxylic acids is 1. The number of urea groups is 1. The van der Waals surface area contributed by atoms with Gasteiger partial charge in [-0.15, -0.1) is 0 Å². The fourth-order valence-electron chi connectivity index (χ4n) is 2.25. The molecule has 1 saturated heterocycles. The number of aliphatic hydroxyl groups is 1. The van der Waals surface area contributed by atoms with Crippen LogP contribution in [0.15, 0.2) is 0 Å². The minimum Gasteiger partial charge on any atom is -0.481 e. The van der Waals surface area contributed by atoms with Gasteiger partial charge in [-0.25, -0.2) is 4.79 Å². The lowest BCUT2D eigenvalue weighted by atomic mass is 10.0. The Morgan fingerprint density at radius 2 is 2.11 bits per heavy atom. The Bertz CT molecular complexity index is 281. The molecule has 1 fully saturated rings. The molecular weight excluding hydrogens is 236 g/mol. The van der Waals surface area contributed by atoms with Gasteiger partial charge < -0.3 is 20.4 Å². The van der Waals surface area contributed by atoms with Crippen molar-refractivity contribution in [1.29, 1.82) is 0 Å². The van der Waals surface area contributed by atoms with Gasteiger partial charge in [-0.05, 0) is 32.1 Å². The SMILES string of the molecule is O=C(O)CCCNC(=O)N1CCCCC1CCO. The maximum atomic E-state index is 11.9. The third kappa shape index (κ3) is 4.91. The first-order chi connectivity index (χ1) is 8.65. The second-order valence-corrected chi connectivity index (χ2v) is 4.58. The van der Waals surface area contributed by atoms with E-state index >= 15 is 0 Å². The van der Waals surface area contributed by atoms with Gasteiger partial charge in [0.1, 0.15) is 0 Å². The van der Waals surface area contributed by atoms with Crippen molar-refractivity contribution in [2.75, 3.05) is 19.7 Å². The van der Waals surface area contributed by atoms with Crippen molar-refractivity contribution in [1.82, 2.24) is 10.2 Å². The average Bonchev–Trinajstić information content (AvgIpc) is 2.35. The predicted octanol–water partition coefficient (Wildman–Crippen LogP) is 0.798. The van der Waals surface area contributed by atoms with Crippen LogP contribution in [0, 0.1) is 0 Å². The summed E-state index contributed by atoms with van der Waals surface area (Å²) in [6, 6.07) is -0.0261. The molecule has 1 unspecified atom stereocenters. The summed E-state index contributed by atoms with van der Waals surface area (Å²) in [4.78, 5) is 24.0. The summed E-state index contributed by atoms with van der Waals surface area (Å²) in [6.07, 6.45) is 4.14. The Labute approximate surface area is 107 Å². The number of likely N-dealkylation sites (tertiary alicyclic amines) is 1. The average molecular weight is 258 g/mol. The zero-order valence-electron chi connectivity index (χ0n) is 10.6. The van der Waals surface area contributed by atoms with Crippen LogP contribution < -0.4 is 5.32 Å². The highest BCUT2D eigenvalue weighted by Crippen LogP contribution is 2.19. The molecule has 0 aromatic heterocycles. The van der Waals surface area contributed by atoms with Crippen LogP contribution in [0.1, 0.15) is 38.5 Å². The maximum Gasteiger partial charge on any atom is 0.317 e. The number of carboxylic acids is 1. The van der Waals surface area contributed by atoms with E-state index in [0.717, 1.165) is 25.8 Å². The molecule has 3 N–H and O–H groups in total. The Balaban J connectivity index is 2.31. The first kappa shape index (κ1) is 14.8. The van der Waals surface area contributed by atoms with Gasteiger partial charge in [-0.2, -0.15) is 0 Å². The number of carboxylic acid groups (broad SMARTS) is 1. The highest BCUT2D eigenvalue weighted by molar-refractivity contribution is 5.74. The highest BCUT2D eigenvalue weighted by Gasteiger charge is 2.25. The zero-order chi connectivity index (χ0) is 13.4. The minimum absolute atomic E-state index is 0.0698. The quantitative estimate of drug-likeness (QED) is 0.615. The van der Waals surface area contributed by atoms with E-state index in [1.54, 1.807) is 4.90 Å². The zero-order valence-corrected chi connectivity index (χ0v) is 10.6. The molecule has 1 aliphatic heterocycles. The number of carbonyl (C=O) groups excluding carboxylic acids is 1. The predicted molar refractivity (Wildman–Crippen MR) is 66.3 cm³/mol. The molecule has 0 spiro atoms. The Hall–Kier alpha value is -1.30. The van der Waals surface area contributed by atoms with Crippen molar-refractivity contribution < 1.29 is 19.8 Å². The first-order valence-corrected chi connectivity index (χ1v) is 6.52. The van der Waals surface area contributed by atoms with Crippen LogP contribution >= 0.6 is 0 Å². The number of piperidine rings is 1. The van der Waals surface area contributed by atoms with Gasteiger partial charge in [-0.1, -0.05) is 0 Å². The van der Waals surface area contributed by atoms with E-state index in [1.807, 2.05) is 0 Å². The van der Waals surface area contributed by atoms with E-state index in [4.69, 9.17) is 10.2 Å². The molecule has 0 saturated carbocycles. The third-order valence-corrected chi connectivity index (χ3v) is 3.19. The number of amides is 2. The molecule has 2 amide bonds. The summed E-state index contributed by atoms with van der Waals surface area (Å²) >= 11 is 0. The monoisotopic (exact) mass is 258 g/mol. The summed E-state index contributed by atoms with van der Waals surface area (Å²) in [5.74, 6) is -0.847. The van der Waals surface area contributed by atoms with Crippen molar-refractivity contribution in [3.8, 4) is 0 Å². The normalized spacial score (nSPS) is 19.6. The second kappa shape index (κ2) is 7.92. The fourth-order valence-corrected chi connectivity index (χ4v) is 2.25. The van der Waals surface area contributed by atoms with E-state index in [2.05, 4.69) is 5.32 Å². The maximum absolute atomic E-state index is 11.9. The van der Waals surface area contributed by atoms with Gasteiger partial charge in [0, 0.05) is 32.2 Å². The summed E-state index contributed by atoms with van der Waals surface area (Å²) in [5, 5.41) is 20.2. The smallest absolute Gasteiger partial charge is 0.317 e. The fraction of sp³-hybridized carbons (Fsp3) is 0.833. The molecule has 104 valence electrons. The van der Waals surface area contributed by atoms with Gasteiger partial charge in [0.2, 0.25) is 0 Å². The van der Waals surface area contributed by atoms with Crippen LogP contribution in [0.4, 0.5) is 4.79 Å². The lowest BCUT2D eigenvalue weighted by Crippen LogP contribution is -2.49. The van der Waals surface area contributed by atoms with Crippen molar-refractivity contribution in [3.05, 3.63) is 0 Å². The molecule has 18 heavy (non-hydrogen) atoms. The molecule has 6 heteroatoms. The topological polar surface area (TPSA) is 89.9 Å². The number of rotatable bonds is 6. The van der Waals surface area contributed by atoms with Crippen molar-refractivity contribution in [3.63, 3.8) is 0 Å². The minimum atomic E-state index is -0.847. The lowest BCUT2D eigenvalue weighted by molar-refractivity contribution is -0.137. The molecule has 0 radical (unpaired) electrons. The van der Waals surface area contributed by atoms with Crippen molar-refractivity contribution >= 4 is 12.0 Å². The number of aliphatic hydroxyl groups excluding tert-OH is 1. The molecule has 0 aromatic carbocycles. The number of nitrogens with one attached hydrogen (secondary N) is 1. The van der Waals surface area contributed by atoms with Crippen molar-refractivity contribution in [2.24, 2.45) is 0 Å². The number of hydrogen-bond donors (Lipinski definition) is 3. The number of hydrogen-bond acceptors (Lipinski definition) is 3. The largest absolute Gasteiger partial charge is 0.481 e. The highest BCUT2D eigenvalue weighted by atomic mass is 16.4. The van der Waals surface area contributed by atoms with E-state index in [0.29, 0.717) is 19.4 Å². The van der Waals surface area contributed by atoms with E-state index in [1.165, 1.54) is 0 Å². The van der Waals surface area contributed by atoms with Gasteiger partial charge in [0.15, 0.2) is 0 Å². The molecule has 1 heterocycles. The summed E-state index contributed by atoms with van der Waals surface area (Å²) in [6.45, 7) is 1.19. The van der Waals surface area contributed by atoms with Gasteiger partial charge in [0.05, 0.1) is 0 Å². The summed E-state index contributed by atoms with van der Waals surface area (Å²) < 4.78 is 0. The van der Waals surface area contributed by atoms with E-state index in [9.17, 15) is 9.59 Å². The molecule has 1 rings (SSSR count). The van der Waals surface area contributed by atoms with E-state index in [-0.39, 0.29) is 25.1 Å². The molecule has 1 aliphatic rings. The Morgan fingerprint density at radius 1 is 1.33 bits per heavy atom. The van der Waals surface area contributed by atoms with Gasteiger partial charge in [0.25, 0.3) is 0 Å². The Morgan fingerprint density at radius 3 is 2.78 bits per heavy atom. The molecular formula is C12H22N2O4. The molecule has 0 aliphatic carbocycles. The lowest BCUT2D eigenvalue weighted by Gasteiger charge is -2.35. The van der Waals surface area contributed by atoms with Crippen LogP contribution in [0.5, 0.6) is 0 Å². The van der Waals surface area contributed by atoms with Gasteiger partial charge >= 0.3 is 12.0 Å². The molecule has 0 aromatic rings. The molecule has 0 bridgehead atoms. The molecule has 6 nitrogen and oxygen atoms in total. The molecule has 1 atom stereocenters. The number of carbonyl (C=O) groups is 2. The van der Waals surface area contributed by atoms with Gasteiger partial charge in [-0.3, -0.25) is 4.79 Å². The number of nitrogens with zero attached hydrogens (tertiary/aromatic N) is 1. The van der Waals surface area contributed by atoms with Crippen LogP contribution in [0.2, 0.25) is 0 Å². The summed E-state index contributed by atoms with van der Waals surface area (Å²) in [7, 11) is 0.